The van der Waals surface area contributed by atoms with Crippen LogP contribution in [-0.4, -0.2) is 41.5 Å². The molecule has 33 heavy (non-hydrogen) atoms. The van der Waals surface area contributed by atoms with Gasteiger partial charge >= 0.3 is 0 Å². The molecule has 2 aromatic carbocycles. The second kappa shape index (κ2) is 11.6. The predicted molar refractivity (Wildman–Crippen MR) is 139 cm³/mol. The summed E-state index contributed by atoms with van der Waals surface area (Å²) in [5, 5.41) is 5.86. The number of nitrogens with zero attached hydrogens (tertiary/aromatic N) is 1. The number of amides is 2. The van der Waals surface area contributed by atoms with Crippen molar-refractivity contribution in [2.24, 2.45) is 11.8 Å². The van der Waals surface area contributed by atoms with Crippen LogP contribution in [0, 0.1) is 11.8 Å². The van der Waals surface area contributed by atoms with E-state index in [1.807, 2.05) is 24.8 Å². The SMILES string of the molecule is CC(C)COc1ccc(Br)cc1C(=O)NC(=S)Nc1ccc(C(=O)N2CCC(C)CC2)cc1. The molecule has 0 aromatic heterocycles. The Hall–Kier alpha value is -2.45. The zero-order valence-corrected chi connectivity index (χ0v) is 21.6. The van der Waals surface area contributed by atoms with Gasteiger partial charge in [-0.3, -0.25) is 14.9 Å². The Kier molecular flexibility index (Phi) is 8.86. The van der Waals surface area contributed by atoms with Crippen LogP contribution in [0.4, 0.5) is 5.69 Å². The summed E-state index contributed by atoms with van der Waals surface area (Å²) in [6.07, 6.45) is 2.09. The molecule has 0 atom stereocenters. The van der Waals surface area contributed by atoms with Crippen molar-refractivity contribution in [2.75, 3.05) is 25.0 Å². The first-order valence-electron chi connectivity index (χ1n) is 11.2. The van der Waals surface area contributed by atoms with E-state index in [1.54, 1.807) is 36.4 Å². The number of halogens is 1. The number of nitrogens with one attached hydrogen (secondary N) is 2. The van der Waals surface area contributed by atoms with Crippen molar-refractivity contribution in [3.05, 3.63) is 58.1 Å². The number of likely N-dealkylation sites (tertiary alicyclic amines) is 1. The Bertz CT molecular complexity index is 1000. The molecule has 1 heterocycles. The van der Waals surface area contributed by atoms with Crippen molar-refractivity contribution in [1.82, 2.24) is 10.2 Å². The van der Waals surface area contributed by atoms with E-state index >= 15 is 0 Å². The minimum absolute atomic E-state index is 0.0490. The van der Waals surface area contributed by atoms with Crippen LogP contribution in [0.2, 0.25) is 0 Å². The molecule has 6 nitrogen and oxygen atoms in total. The van der Waals surface area contributed by atoms with E-state index in [0.717, 1.165) is 30.4 Å². The first kappa shape index (κ1) is 25.2. The van der Waals surface area contributed by atoms with E-state index in [0.29, 0.717) is 41.0 Å². The second-order valence-electron chi connectivity index (χ2n) is 8.81. The summed E-state index contributed by atoms with van der Waals surface area (Å²) in [7, 11) is 0. The van der Waals surface area contributed by atoms with Crippen LogP contribution in [0.25, 0.3) is 0 Å². The number of thiocarbonyl (C=S) groups is 1. The molecule has 0 aliphatic carbocycles. The maximum atomic E-state index is 12.8. The Labute approximate surface area is 209 Å². The van der Waals surface area contributed by atoms with Crippen molar-refractivity contribution in [3.63, 3.8) is 0 Å². The van der Waals surface area contributed by atoms with Crippen molar-refractivity contribution in [1.29, 1.82) is 0 Å². The summed E-state index contributed by atoms with van der Waals surface area (Å²) in [5.74, 6) is 1.20. The molecule has 0 spiro atoms. The van der Waals surface area contributed by atoms with Crippen LogP contribution in [0.5, 0.6) is 5.75 Å². The first-order valence-corrected chi connectivity index (χ1v) is 12.4. The number of rotatable bonds is 6. The number of carbonyl (C=O) groups is 2. The molecule has 8 heteroatoms. The molecule has 0 bridgehead atoms. The van der Waals surface area contributed by atoms with Crippen LogP contribution in [0.3, 0.4) is 0 Å². The fourth-order valence-electron chi connectivity index (χ4n) is 3.49. The Balaban J connectivity index is 1.59. The van der Waals surface area contributed by atoms with Gasteiger partial charge in [0.15, 0.2) is 5.11 Å². The highest BCUT2D eigenvalue weighted by Gasteiger charge is 2.21. The second-order valence-corrected chi connectivity index (χ2v) is 10.1. The molecular formula is C25H30BrN3O3S. The van der Waals surface area contributed by atoms with Crippen LogP contribution in [-0.2, 0) is 0 Å². The van der Waals surface area contributed by atoms with Crippen molar-refractivity contribution >= 4 is 50.8 Å². The molecule has 2 aromatic rings. The number of ether oxygens (including phenoxy) is 1. The van der Waals surface area contributed by atoms with Gasteiger partial charge in [0, 0.05) is 28.8 Å². The Morgan fingerprint density at radius 1 is 1.15 bits per heavy atom. The predicted octanol–water partition coefficient (Wildman–Crippen LogP) is 5.48. The Morgan fingerprint density at radius 3 is 2.45 bits per heavy atom. The molecule has 0 saturated carbocycles. The highest BCUT2D eigenvalue weighted by atomic mass is 79.9. The average Bonchev–Trinajstić information content (AvgIpc) is 2.78. The molecule has 176 valence electrons. The van der Waals surface area contributed by atoms with Gasteiger partial charge in [0.1, 0.15) is 5.75 Å². The van der Waals surface area contributed by atoms with Gasteiger partial charge in [-0.2, -0.15) is 0 Å². The number of anilines is 1. The quantitative estimate of drug-likeness (QED) is 0.482. The lowest BCUT2D eigenvalue weighted by Crippen LogP contribution is -2.37. The van der Waals surface area contributed by atoms with E-state index in [2.05, 4.69) is 33.5 Å². The van der Waals surface area contributed by atoms with Gasteiger partial charge in [-0.05, 0) is 79.4 Å². The molecule has 1 aliphatic rings. The lowest BCUT2D eigenvalue weighted by molar-refractivity contribution is 0.0697. The largest absolute Gasteiger partial charge is 0.492 e. The molecule has 0 radical (unpaired) electrons. The summed E-state index contributed by atoms with van der Waals surface area (Å²) < 4.78 is 6.55. The summed E-state index contributed by atoms with van der Waals surface area (Å²) in [6, 6.07) is 12.4. The van der Waals surface area contributed by atoms with Gasteiger partial charge < -0.3 is 15.0 Å². The standard InChI is InChI=1S/C25H30BrN3O3S/c1-16(2)15-32-22-9-6-19(26)14-21(22)23(30)28-25(33)27-20-7-4-18(5-8-20)24(31)29-12-10-17(3)11-13-29/h4-9,14,16-17H,10-13,15H2,1-3H3,(H2,27,28,30,33). The number of carbonyl (C=O) groups excluding carboxylic acids is 2. The lowest BCUT2D eigenvalue weighted by atomic mass is 9.98. The fraction of sp³-hybridized carbons (Fsp3) is 0.400. The molecule has 0 unspecified atom stereocenters. The monoisotopic (exact) mass is 531 g/mol. The number of benzene rings is 2. The molecule has 1 saturated heterocycles. The summed E-state index contributed by atoms with van der Waals surface area (Å²) in [4.78, 5) is 27.4. The van der Waals surface area contributed by atoms with Gasteiger partial charge in [-0.1, -0.05) is 36.7 Å². The third kappa shape index (κ3) is 7.27. The van der Waals surface area contributed by atoms with Gasteiger partial charge in [0.05, 0.1) is 12.2 Å². The summed E-state index contributed by atoms with van der Waals surface area (Å²) >= 11 is 8.72. The summed E-state index contributed by atoms with van der Waals surface area (Å²) in [6.45, 7) is 8.42. The zero-order valence-electron chi connectivity index (χ0n) is 19.2. The van der Waals surface area contributed by atoms with Crippen LogP contribution in [0.15, 0.2) is 46.9 Å². The Morgan fingerprint density at radius 2 is 1.82 bits per heavy atom. The van der Waals surface area contributed by atoms with Gasteiger partial charge in [-0.25, -0.2) is 0 Å². The molecule has 1 fully saturated rings. The number of hydrogen-bond acceptors (Lipinski definition) is 4. The minimum Gasteiger partial charge on any atom is -0.492 e. The molecule has 2 N–H and O–H groups in total. The molecule has 2 amide bonds. The minimum atomic E-state index is -0.362. The molecule has 3 rings (SSSR count). The highest BCUT2D eigenvalue weighted by molar-refractivity contribution is 9.10. The first-order chi connectivity index (χ1) is 15.7. The number of hydrogen-bond donors (Lipinski definition) is 2. The van der Waals surface area contributed by atoms with Crippen molar-refractivity contribution in [3.8, 4) is 5.75 Å². The third-order valence-electron chi connectivity index (χ3n) is 5.45. The average molecular weight is 533 g/mol. The van der Waals surface area contributed by atoms with E-state index in [9.17, 15) is 9.59 Å². The zero-order chi connectivity index (χ0) is 24.0. The lowest BCUT2D eigenvalue weighted by Gasteiger charge is -2.30. The van der Waals surface area contributed by atoms with Crippen LogP contribution >= 0.6 is 28.1 Å². The van der Waals surface area contributed by atoms with E-state index in [4.69, 9.17) is 17.0 Å². The molecular weight excluding hydrogens is 502 g/mol. The third-order valence-corrected chi connectivity index (χ3v) is 6.14. The fourth-order valence-corrected chi connectivity index (χ4v) is 4.06. The summed E-state index contributed by atoms with van der Waals surface area (Å²) in [5.41, 5.74) is 1.73. The van der Waals surface area contributed by atoms with E-state index < -0.39 is 0 Å². The van der Waals surface area contributed by atoms with Gasteiger partial charge in [-0.15, -0.1) is 0 Å². The van der Waals surface area contributed by atoms with Crippen LogP contribution < -0.4 is 15.4 Å². The maximum Gasteiger partial charge on any atom is 0.261 e. The normalized spacial score (nSPS) is 14.2. The van der Waals surface area contributed by atoms with Crippen molar-refractivity contribution < 1.29 is 14.3 Å². The topological polar surface area (TPSA) is 70.7 Å². The highest BCUT2D eigenvalue weighted by Crippen LogP contribution is 2.24. The van der Waals surface area contributed by atoms with E-state index in [1.165, 1.54) is 0 Å². The van der Waals surface area contributed by atoms with Crippen molar-refractivity contribution in [2.45, 2.75) is 33.6 Å². The number of piperidine rings is 1. The van der Waals surface area contributed by atoms with Crippen LogP contribution in [0.1, 0.15) is 54.3 Å². The van der Waals surface area contributed by atoms with E-state index in [-0.39, 0.29) is 16.9 Å². The van der Waals surface area contributed by atoms with Gasteiger partial charge in [0.25, 0.3) is 11.8 Å². The maximum absolute atomic E-state index is 12.8. The smallest absolute Gasteiger partial charge is 0.261 e. The molecule has 1 aliphatic heterocycles. The van der Waals surface area contributed by atoms with Gasteiger partial charge in [0.2, 0.25) is 0 Å².